The zero-order valence-corrected chi connectivity index (χ0v) is 14.1. The van der Waals surface area contributed by atoms with Gasteiger partial charge in [-0.3, -0.25) is 0 Å². The number of benzene rings is 1. The average Bonchev–Trinajstić information content (AvgIpc) is 3.09. The van der Waals surface area contributed by atoms with Gasteiger partial charge in [0.1, 0.15) is 36.2 Å². The zero-order valence-electron chi connectivity index (χ0n) is 14.1. The van der Waals surface area contributed by atoms with Crippen molar-refractivity contribution in [3.05, 3.63) is 71.6 Å². The van der Waals surface area contributed by atoms with Crippen molar-refractivity contribution in [3.8, 4) is 0 Å². The highest BCUT2D eigenvalue weighted by Crippen LogP contribution is 2.39. The summed E-state index contributed by atoms with van der Waals surface area (Å²) in [6.45, 7) is 2.73. The van der Waals surface area contributed by atoms with E-state index in [9.17, 15) is 18.3 Å². The fourth-order valence-corrected chi connectivity index (χ4v) is 2.86. The molecule has 0 spiro atoms. The van der Waals surface area contributed by atoms with Crippen molar-refractivity contribution in [1.82, 2.24) is 24.7 Å². The Labute approximate surface area is 147 Å². The lowest BCUT2D eigenvalue weighted by Gasteiger charge is -2.34. The molecule has 1 aromatic carbocycles. The monoisotopic (exact) mass is 363 g/mol. The highest BCUT2D eigenvalue weighted by molar-refractivity contribution is 5.30. The number of halogens is 3. The van der Waals surface area contributed by atoms with Gasteiger partial charge in [-0.25, -0.2) is 32.8 Å². The molecule has 0 amide bonds. The molecule has 0 fully saturated rings. The third-order valence-corrected chi connectivity index (χ3v) is 4.38. The molecule has 0 aliphatic carbocycles. The summed E-state index contributed by atoms with van der Waals surface area (Å²) < 4.78 is 43.6. The van der Waals surface area contributed by atoms with Gasteiger partial charge in [0.25, 0.3) is 0 Å². The van der Waals surface area contributed by atoms with Crippen LogP contribution in [0.5, 0.6) is 0 Å². The Balaban J connectivity index is 2.15. The van der Waals surface area contributed by atoms with E-state index in [1.807, 2.05) is 0 Å². The molecule has 3 rings (SSSR count). The van der Waals surface area contributed by atoms with Crippen molar-refractivity contribution >= 4 is 0 Å². The minimum atomic E-state index is -1.97. The molecular weight excluding hydrogens is 347 g/mol. The topological polar surface area (TPSA) is 76.7 Å². The molecule has 9 heteroatoms. The number of hydrogen-bond acceptors (Lipinski definition) is 5. The highest BCUT2D eigenvalue weighted by Gasteiger charge is 2.42. The van der Waals surface area contributed by atoms with Crippen LogP contribution in [0.4, 0.5) is 13.2 Å². The lowest BCUT2D eigenvalue weighted by molar-refractivity contribution is -0.0134. The molecule has 136 valence electrons. The Kier molecular flexibility index (Phi) is 4.73. The van der Waals surface area contributed by atoms with Crippen molar-refractivity contribution in [2.24, 2.45) is 0 Å². The molecule has 0 bridgehead atoms. The Bertz CT molecular complexity index is 919. The Morgan fingerprint density at radius 3 is 2.62 bits per heavy atom. The van der Waals surface area contributed by atoms with E-state index in [1.165, 1.54) is 37.5 Å². The van der Waals surface area contributed by atoms with Gasteiger partial charge in [-0.15, -0.1) is 0 Å². The van der Waals surface area contributed by atoms with Gasteiger partial charge in [0.15, 0.2) is 5.82 Å². The molecule has 0 radical (unpaired) electrons. The van der Waals surface area contributed by atoms with Crippen molar-refractivity contribution < 1.29 is 18.3 Å². The third kappa shape index (κ3) is 3.17. The number of aryl methyl sites for hydroxylation is 1. The van der Waals surface area contributed by atoms with Crippen molar-refractivity contribution in [3.63, 3.8) is 0 Å². The van der Waals surface area contributed by atoms with Crippen LogP contribution in [0.25, 0.3) is 0 Å². The Morgan fingerprint density at radius 2 is 1.96 bits per heavy atom. The summed E-state index contributed by atoms with van der Waals surface area (Å²) in [5.41, 5.74) is -2.14. The van der Waals surface area contributed by atoms with Crippen LogP contribution >= 0.6 is 0 Å². The van der Waals surface area contributed by atoms with Gasteiger partial charge in [0.2, 0.25) is 0 Å². The van der Waals surface area contributed by atoms with Gasteiger partial charge in [0.05, 0.1) is 17.9 Å². The molecule has 2 heterocycles. The van der Waals surface area contributed by atoms with Crippen LogP contribution in [0.1, 0.15) is 29.8 Å². The molecule has 2 aromatic heterocycles. The standard InChI is InChI=1S/C17H16F3N5O/c1-10(16-15(20)11(2)22-8-23-16)17(26,6-25-9-21-7-24-25)13-4-3-12(18)5-14(13)19/h3-5,7-10,26H,6H2,1-2H3/t10-,17+/m0/s1. The first-order valence-corrected chi connectivity index (χ1v) is 7.80. The van der Waals surface area contributed by atoms with Crippen molar-refractivity contribution in [2.75, 3.05) is 0 Å². The second kappa shape index (κ2) is 6.83. The second-order valence-electron chi connectivity index (χ2n) is 6.02. The van der Waals surface area contributed by atoms with E-state index >= 15 is 0 Å². The highest BCUT2D eigenvalue weighted by atomic mass is 19.1. The van der Waals surface area contributed by atoms with Gasteiger partial charge < -0.3 is 5.11 Å². The van der Waals surface area contributed by atoms with Crippen LogP contribution in [-0.4, -0.2) is 29.8 Å². The molecular formula is C17H16F3N5O. The van der Waals surface area contributed by atoms with E-state index in [4.69, 9.17) is 0 Å². The summed E-state index contributed by atoms with van der Waals surface area (Å²) >= 11 is 0. The number of nitrogens with zero attached hydrogens (tertiary/aromatic N) is 5. The predicted molar refractivity (Wildman–Crippen MR) is 85.4 cm³/mol. The SMILES string of the molecule is Cc1ncnc([C@H](C)[C@](O)(Cn2cncn2)c2ccc(F)cc2F)c1F. The zero-order chi connectivity index (χ0) is 18.9. The minimum Gasteiger partial charge on any atom is -0.382 e. The van der Waals surface area contributed by atoms with Crippen LogP contribution in [0.2, 0.25) is 0 Å². The molecule has 0 aliphatic rings. The Morgan fingerprint density at radius 1 is 1.19 bits per heavy atom. The fourth-order valence-electron chi connectivity index (χ4n) is 2.86. The molecule has 0 aliphatic heterocycles. The Hall–Kier alpha value is -2.81. The van der Waals surface area contributed by atoms with Crippen LogP contribution in [0, 0.1) is 24.4 Å². The van der Waals surface area contributed by atoms with Crippen LogP contribution in [-0.2, 0) is 12.1 Å². The van der Waals surface area contributed by atoms with Gasteiger partial charge in [-0.05, 0) is 13.0 Å². The number of aliphatic hydroxyl groups is 1. The smallest absolute Gasteiger partial charge is 0.166 e. The number of rotatable bonds is 5. The van der Waals surface area contributed by atoms with Crippen LogP contribution in [0.15, 0.2) is 37.2 Å². The predicted octanol–water partition coefficient (Wildman–Crippen LogP) is 2.49. The molecule has 6 nitrogen and oxygen atoms in total. The summed E-state index contributed by atoms with van der Waals surface area (Å²) in [6.07, 6.45) is 3.75. The lowest BCUT2D eigenvalue weighted by Crippen LogP contribution is -2.39. The number of aromatic nitrogens is 5. The first-order chi connectivity index (χ1) is 12.3. The maximum Gasteiger partial charge on any atom is 0.166 e. The molecule has 0 saturated heterocycles. The van der Waals surface area contributed by atoms with Gasteiger partial charge >= 0.3 is 0 Å². The first-order valence-electron chi connectivity index (χ1n) is 7.80. The maximum atomic E-state index is 14.5. The third-order valence-electron chi connectivity index (χ3n) is 4.38. The summed E-state index contributed by atoms with van der Waals surface area (Å²) in [7, 11) is 0. The van der Waals surface area contributed by atoms with Gasteiger partial charge in [0, 0.05) is 17.5 Å². The van der Waals surface area contributed by atoms with Gasteiger partial charge in [-0.2, -0.15) is 5.10 Å². The van der Waals surface area contributed by atoms with Crippen LogP contribution in [0.3, 0.4) is 0 Å². The fraction of sp³-hybridized carbons (Fsp3) is 0.294. The molecule has 3 aromatic rings. The minimum absolute atomic E-state index is 0.0798. The molecule has 0 saturated carbocycles. The molecule has 1 N–H and O–H groups in total. The van der Waals surface area contributed by atoms with E-state index < -0.39 is 29.0 Å². The van der Waals surface area contributed by atoms with Crippen LogP contribution < -0.4 is 0 Å². The summed E-state index contributed by atoms with van der Waals surface area (Å²) in [5, 5.41) is 15.3. The molecule has 26 heavy (non-hydrogen) atoms. The van der Waals surface area contributed by atoms with E-state index in [0.29, 0.717) is 6.07 Å². The first kappa shape index (κ1) is 18.0. The lowest BCUT2D eigenvalue weighted by atomic mass is 9.79. The second-order valence-corrected chi connectivity index (χ2v) is 6.02. The normalized spacial score (nSPS) is 14.8. The summed E-state index contributed by atoms with van der Waals surface area (Å²) in [4.78, 5) is 11.5. The largest absolute Gasteiger partial charge is 0.382 e. The van der Waals surface area contributed by atoms with E-state index in [-0.39, 0.29) is 23.5 Å². The maximum absolute atomic E-state index is 14.5. The van der Waals surface area contributed by atoms with E-state index in [2.05, 4.69) is 20.1 Å². The molecule has 0 unspecified atom stereocenters. The van der Waals surface area contributed by atoms with Crippen molar-refractivity contribution in [2.45, 2.75) is 31.9 Å². The quantitative estimate of drug-likeness (QED) is 0.754. The van der Waals surface area contributed by atoms with Crippen molar-refractivity contribution in [1.29, 1.82) is 0 Å². The van der Waals surface area contributed by atoms with E-state index in [1.54, 1.807) is 0 Å². The molecule has 2 atom stereocenters. The number of hydrogen-bond donors (Lipinski definition) is 1. The average molecular weight is 363 g/mol. The summed E-state index contributed by atoms with van der Waals surface area (Å²) in [5.74, 6) is -3.43. The van der Waals surface area contributed by atoms with Gasteiger partial charge in [-0.1, -0.05) is 13.0 Å². The summed E-state index contributed by atoms with van der Waals surface area (Å²) in [6, 6.07) is 2.82. The van der Waals surface area contributed by atoms with E-state index in [0.717, 1.165) is 12.1 Å².